The van der Waals surface area contributed by atoms with Crippen LogP contribution in [-0.2, 0) is 0 Å². The Labute approximate surface area is 201 Å². The van der Waals surface area contributed by atoms with Crippen LogP contribution in [0.3, 0.4) is 0 Å². The summed E-state index contributed by atoms with van der Waals surface area (Å²) in [5.74, 6) is 0. The molecule has 0 aliphatic heterocycles. The highest BCUT2D eigenvalue weighted by Gasteiger charge is 2.21. The molecule has 0 aromatic heterocycles. The third kappa shape index (κ3) is 4.29. The van der Waals surface area contributed by atoms with E-state index in [0.29, 0.717) is 6.67 Å². The van der Waals surface area contributed by atoms with E-state index in [1.54, 1.807) is 0 Å². The molecule has 0 aliphatic carbocycles. The van der Waals surface area contributed by atoms with E-state index in [1.807, 2.05) is 18.2 Å². The molecule has 0 unspecified atom stereocenters. The van der Waals surface area contributed by atoms with E-state index >= 15 is 0 Å². The van der Waals surface area contributed by atoms with Crippen molar-refractivity contribution in [1.82, 2.24) is 0 Å². The Kier molecular flexibility index (Phi) is 6.37. The molecule has 0 saturated heterocycles. The van der Waals surface area contributed by atoms with Gasteiger partial charge in [-0.25, -0.2) is 0 Å². The van der Waals surface area contributed by atoms with Crippen molar-refractivity contribution in [1.29, 1.82) is 0 Å². The molecule has 5 aromatic carbocycles. The second kappa shape index (κ2) is 10.1. The first-order valence-corrected chi connectivity index (χ1v) is 11.5. The van der Waals surface area contributed by atoms with Crippen LogP contribution in [0.25, 0.3) is 11.1 Å². The molecule has 0 radical (unpaired) electrons. The van der Waals surface area contributed by atoms with Crippen LogP contribution in [0.2, 0.25) is 0 Å². The third-order valence-corrected chi connectivity index (χ3v) is 5.90. The molecule has 34 heavy (non-hydrogen) atoms. The zero-order valence-corrected chi connectivity index (χ0v) is 19.0. The fourth-order valence-corrected chi connectivity index (χ4v) is 4.36. The molecule has 3 nitrogen and oxygen atoms in total. The number of benzene rings is 5. The van der Waals surface area contributed by atoms with Crippen molar-refractivity contribution < 1.29 is 0 Å². The normalized spacial score (nSPS) is 10.6. The predicted octanol–water partition coefficient (Wildman–Crippen LogP) is 7.88. The van der Waals surface area contributed by atoms with Gasteiger partial charge in [0.2, 0.25) is 0 Å². The lowest BCUT2D eigenvalue weighted by Crippen LogP contribution is -2.27. The standard InChI is InChI=1S/C31H27N3/c32-24-33(29-21-11-10-20-28(29)25-14-4-1-5-15-25)30-22-12-13-23-31(30)34(26-16-6-2-7-17-26)27-18-8-3-9-19-27/h1-23H,24,32H2. The van der Waals surface area contributed by atoms with Gasteiger partial charge in [0, 0.05) is 16.9 Å². The molecule has 0 amide bonds. The Balaban J connectivity index is 1.69. The number of para-hydroxylation sites is 5. The van der Waals surface area contributed by atoms with E-state index in [-0.39, 0.29) is 0 Å². The zero-order valence-electron chi connectivity index (χ0n) is 19.0. The molecule has 0 heterocycles. The summed E-state index contributed by atoms with van der Waals surface area (Å²) in [5.41, 5.74) is 14.1. The number of hydrogen-bond acceptors (Lipinski definition) is 3. The second-order valence-electron chi connectivity index (χ2n) is 7.99. The molecule has 0 aliphatic rings. The van der Waals surface area contributed by atoms with Crippen LogP contribution in [0.15, 0.2) is 140 Å². The van der Waals surface area contributed by atoms with Crippen LogP contribution in [-0.4, -0.2) is 6.67 Å². The first kappa shape index (κ1) is 21.5. The van der Waals surface area contributed by atoms with Gasteiger partial charge in [-0.15, -0.1) is 0 Å². The van der Waals surface area contributed by atoms with Crippen molar-refractivity contribution in [3.8, 4) is 11.1 Å². The molecule has 5 aromatic rings. The van der Waals surface area contributed by atoms with Crippen LogP contribution in [0.4, 0.5) is 28.4 Å². The molecule has 0 fully saturated rings. The van der Waals surface area contributed by atoms with Gasteiger partial charge in [-0.2, -0.15) is 0 Å². The van der Waals surface area contributed by atoms with Crippen LogP contribution >= 0.6 is 0 Å². The van der Waals surface area contributed by atoms with E-state index in [2.05, 4.69) is 131 Å². The van der Waals surface area contributed by atoms with Crippen LogP contribution in [0.5, 0.6) is 0 Å². The molecule has 5 rings (SSSR count). The first-order chi connectivity index (χ1) is 16.9. The maximum absolute atomic E-state index is 6.44. The number of nitrogens with two attached hydrogens (primary N) is 1. The summed E-state index contributed by atoms with van der Waals surface area (Å²) >= 11 is 0. The highest BCUT2D eigenvalue weighted by molar-refractivity contribution is 5.90. The highest BCUT2D eigenvalue weighted by atomic mass is 15.2. The molecule has 3 heteroatoms. The molecule has 0 bridgehead atoms. The molecule has 0 spiro atoms. The van der Waals surface area contributed by atoms with Gasteiger partial charge < -0.3 is 15.5 Å². The number of anilines is 5. The average Bonchev–Trinajstić information content (AvgIpc) is 2.92. The smallest absolute Gasteiger partial charge is 0.0707 e. The molecular weight excluding hydrogens is 414 g/mol. The number of hydrogen-bond donors (Lipinski definition) is 1. The van der Waals surface area contributed by atoms with Crippen LogP contribution < -0.4 is 15.5 Å². The number of nitrogens with zero attached hydrogens (tertiary/aromatic N) is 2. The van der Waals surface area contributed by atoms with Gasteiger partial charge in [0.15, 0.2) is 0 Å². The third-order valence-electron chi connectivity index (χ3n) is 5.90. The molecule has 0 atom stereocenters. The van der Waals surface area contributed by atoms with Crippen molar-refractivity contribution in [3.63, 3.8) is 0 Å². The molecule has 0 saturated carbocycles. The predicted molar refractivity (Wildman–Crippen MR) is 144 cm³/mol. The Hall–Kier alpha value is -4.34. The largest absolute Gasteiger partial charge is 0.326 e. The van der Waals surface area contributed by atoms with Gasteiger partial charge in [0.25, 0.3) is 0 Å². The topological polar surface area (TPSA) is 32.5 Å². The van der Waals surface area contributed by atoms with Crippen molar-refractivity contribution in [2.75, 3.05) is 16.5 Å². The summed E-state index contributed by atoms with van der Waals surface area (Å²) in [5, 5.41) is 0. The Morgan fingerprint density at radius 1 is 0.441 bits per heavy atom. The summed E-state index contributed by atoms with van der Waals surface area (Å²) in [6.07, 6.45) is 0. The zero-order chi connectivity index (χ0) is 23.2. The minimum Gasteiger partial charge on any atom is -0.326 e. The summed E-state index contributed by atoms with van der Waals surface area (Å²) < 4.78 is 0. The number of rotatable bonds is 7. The van der Waals surface area contributed by atoms with Gasteiger partial charge in [0.05, 0.1) is 23.7 Å². The van der Waals surface area contributed by atoms with Crippen molar-refractivity contribution in [3.05, 3.63) is 140 Å². The maximum Gasteiger partial charge on any atom is 0.0707 e. The summed E-state index contributed by atoms with van der Waals surface area (Å²) in [7, 11) is 0. The fraction of sp³-hybridized carbons (Fsp3) is 0.0323. The molecule has 2 N–H and O–H groups in total. The highest BCUT2D eigenvalue weighted by Crippen LogP contribution is 2.43. The molecular formula is C31H27N3. The Morgan fingerprint density at radius 3 is 1.44 bits per heavy atom. The SMILES string of the molecule is NCN(c1ccccc1-c1ccccc1)c1ccccc1N(c1ccccc1)c1ccccc1. The van der Waals surface area contributed by atoms with Crippen molar-refractivity contribution in [2.24, 2.45) is 5.73 Å². The van der Waals surface area contributed by atoms with Crippen molar-refractivity contribution in [2.45, 2.75) is 0 Å². The summed E-state index contributed by atoms with van der Waals surface area (Å²) in [4.78, 5) is 4.47. The van der Waals surface area contributed by atoms with Crippen LogP contribution in [0.1, 0.15) is 0 Å². The minimum atomic E-state index is 0.346. The van der Waals surface area contributed by atoms with Gasteiger partial charge in [-0.3, -0.25) is 0 Å². The van der Waals surface area contributed by atoms with Gasteiger partial charge in [-0.05, 0) is 48.0 Å². The second-order valence-corrected chi connectivity index (χ2v) is 7.99. The van der Waals surface area contributed by atoms with E-state index in [0.717, 1.165) is 39.6 Å². The van der Waals surface area contributed by atoms with E-state index in [4.69, 9.17) is 5.73 Å². The quantitative estimate of drug-likeness (QED) is 0.261. The lowest BCUT2D eigenvalue weighted by molar-refractivity contribution is 0.981. The lowest BCUT2D eigenvalue weighted by atomic mass is 10.0. The average molecular weight is 442 g/mol. The van der Waals surface area contributed by atoms with Gasteiger partial charge in [0.1, 0.15) is 0 Å². The van der Waals surface area contributed by atoms with Gasteiger partial charge >= 0.3 is 0 Å². The van der Waals surface area contributed by atoms with E-state index in [1.165, 1.54) is 0 Å². The van der Waals surface area contributed by atoms with Gasteiger partial charge in [-0.1, -0.05) is 97.1 Å². The Bertz CT molecular complexity index is 1300. The maximum atomic E-state index is 6.44. The first-order valence-electron chi connectivity index (χ1n) is 11.5. The monoisotopic (exact) mass is 441 g/mol. The van der Waals surface area contributed by atoms with Crippen LogP contribution in [0, 0.1) is 0 Å². The van der Waals surface area contributed by atoms with E-state index in [9.17, 15) is 0 Å². The molecule has 166 valence electrons. The summed E-state index contributed by atoms with van der Waals surface area (Å²) in [6.45, 7) is 0.346. The minimum absolute atomic E-state index is 0.346. The Morgan fingerprint density at radius 2 is 0.882 bits per heavy atom. The lowest BCUT2D eigenvalue weighted by Gasteiger charge is -2.33. The fourth-order valence-electron chi connectivity index (χ4n) is 4.36. The van der Waals surface area contributed by atoms with Crippen molar-refractivity contribution >= 4 is 28.4 Å². The van der Waals surface area contributed by atoms with E-state index < -0.39 is 0 Å². The summed E-state index contributed by atoms with van der Waals surface area (Å²) in [6, 6.07) is 48.2.